The molecule has 0 aromatic heterocycles. The summed E-state index contributed by atoms with van der Waals surface area (Å²) in [6, 6.07) is 7.93. The van der Waals surface area contributed by atoms with E-state index in [4.69, 9.17) is 0 Å². The Bertz CT molecular complexity index is 342. The molecule has 0 heterocycles. The van der Waals surface area contributed by atoms with E-state index in [2.05, 4.69) is 19.2 Å². The van der Waals surface area contributed by atoms with E-state index in [9.17, 15) is 4.39 Å². The average Bonchev–Trinajstić information content (AvgIpc) is 3.12. The van der Waals surface area contributed by atoms with Gasteiger partial charge < -0.3 is 5.32 Å². The summed E-state index contributed by atoms with van der Waals surface area (Å²) < 4.78 is 12.9. The number of hydrogen-bond donors (Lipinski definition) is 1. The van der Waals surface area contributed by atoms with E-state index in [1.165, 1.54) is 31.2 Å². The van der Waals surface area contributed by atoms with Crippen molar-refractivity contribution in [2.75, 3.05) is 0 Å². The minimum atomic E-state index is -0.148. The van der Waals surface area contributed by atoms with Crippen LogP contribution in [0.25, 0.3) is 0 Å². The second-order valence-corrected chi connectivity index (χ2v) is 5.22. The molecule has 0 spiro atoms. The molecule has 0 amide bonds. The van der Waals surface area contributed by atoms with Crippen molar-refractivity contribution in [1.29, 1.82) is 0 Å². The zero-order chi connectivity index (χ0) is 12.3. The summed E-state index contributed by atoms with van der Waals surface area (Å²) in [6.45, 7) is 4.45. The third-order valence-corrected chi connectivity index (χ3v) is 3.51. The van der Waals surface area contributed by atoms with Gasteiger partial charge in [0.05, 0.1) is 0 Å². The van der Waals surface area contributed by atoms with Gasteiger partial charge in [0.15, 0.2) is 0 Å². The van der Waals surface area contributed by atoms with Gasteiger partial charge in [0.1, 0.15) is 5.82 Å². The van der Waals surface area contributed by atoms with E-state index < -0.39 is 0 Å². The van der Waals surface area contributed by atoms with Gasteiger partial charge >= 0.3 is 0 Å². The maximum absolute atomic E-state index is 12.9. The Morgan fingerprint density at radius 1 is 1.29 bits per heavy atom. The SMILES string of the molecule is CCCC(C)NC(c1ccc(F)cc1)C1CC1. The normalized spacial score (nSPS) is 19.0. The Kier molecular flexibility index (Phi) is 4.16. The smallest absolute Gasteiger partial charge is 0.123 e. The van der Waals surface area contributed by atoms with E-state index in [0.29, 0.717) is 12.1 Å². The van der Waals surface area contributed by atoms with Crippen molar-refractivity contribution in [3.05, 3.63) is 35.6 Å². The fraction of sp³-hybridized carbons (Fsp3) is 0.600. The van der Waals surface area contributed by atoms with Crippen LogP contribution in [0.1, 0.15) is 51.1 Å². The van der Waals surface area contributed by atoms with Crippen LogP contribution in [-0.4, -0.2) is 6.04 Å². The van der Waals surface area contributed by atoms with E-state index in [1.807, 2.05) is 12.1 Å². The second-order valence-electron chi connectivity index (χ2n) is 5.22. The lowest BCUT2D eigenvalue weighted by Gasteiger charge is -2.23. The van der Waals surface area contributed by atoms with Crippen molar-refractivity contribution < 1.29 is 4.39 Å². The maximum atomic E-state index is 12.9. The topological polar surface area (TPSA) is 12.0 Å². The van der Waals surface area contributed by atoms with Crippen LogP contribution in [0.4, 0.5) is 4.39 Å². The fourth-order valence-electron chi connectivity index (χ4n) is 2.43. The first-order valence-corrected chi connectivity index (χ1v) is 6.72. The third-order valence-electron chi connectivity index (χ3n) is 3.51. The van der Waals surface area contributed by atoms with Crippen LogP contribution in [0.2, 0.25) is 0 Å². The van der Waals surface area contributed by atoms with Gasteiger partial charge in [-0.25, -0.2) is 4.39 Å². The summed E-state index contributed by atoms with van der Waals surface area (Å²) in [5.74, 6) is 0.602. The molecule has 17 heavy (non-hydrogen) atoms. The molecule has 1 aromatic rings. The Morgan fingerprint density at radius 2 is 1.94 bits per heavy atom. The molecule has 0 aliphatic heterocycles. The molecule has 1 saturated carbocycles. The van der Waals surface area contributed by atoms with Crippen LogP contribution in [-0.2, 0) is 0 Å². The summed E-state index contributed by atoms with van der Waals surface area (Å²) >= 11 is 0. The number of benzene rings is 1. The lowest BCUT2D eigenvalue weighted by atomic mass is 10.0. The van der Waals surface area contributed by atoms with Gasteiger partial charge in [0.25, 0.3) is 0 Å². The third kappa shape index (κ3) is 3.53. The molecule has 94 valence electrons. The molecule has 0 saturated heterocycles. The standard InChI is InChI=1S/C15H22FN/c1-3-4-11(2)17-15(12-5-6-12)13-7-9-14(16)10-8-13/h7-12,15,17H,3-6H2,1-2H3. The van der Waals surface area contributed by atoms with Crippen molar-refractivity contribution in [3.63, 3.8) is 0 Å². The molecule has 1 aromatic carbocycles. The molecule has 1 aliphatic carbocycles. The summed E-state index contributed by atoms with van der Waals surface area (Å²) in [5.41, 5.74) is 1.23. The molecule has 1 nitrogen and oxygen atoms in total. The maximum Gasteiger partial charge on any atom is 0.123 e. The van der Waals surface area contributed by atoms with Crippen molar-refractivity contribution in [3.8, 4) is 0 Å². The largest absolute Gasteiger partial charge is 0.307 e. The lowest BCUT2D eigenvalue weighted by molar-refractivity contribution is 0.401. The molecule has 2 heteroatoms. The van der Waals surface area contributed by atoms with Gasteiger partial charge in [-0.2, -0.15) is 0 Å². The predicted octanol–water partition coefficient (Wildman–Crippen LogP) is 4.06. The van der Waals surface area contributed by atoms with Crippen LogP contribution in [0.15, 0.2) is 24.3 Å². The number of halogens is 1. The van der Waals surface area contributed by atoms with Crippen LogP contribution in [0, 0.1) is 11.7 Å². The van der Waals surface area contributed by atoms with E-state index in [1.54, 1.807) is 12.1 Å². The predicted molar refractivity (Wildman–Crippen MR) is 69.4 cm³/mol. The minimum absolute atomic E-state index is 0.148. The summed E-state index contributed by atoms with van der Waals surface area (Å²) in [5, 5.41) is 3.69. The molecule has 0 bridgehead atoms. The molecule has 2 rings (SSSR count). The average molecular weight is 235 g/mol. The van der Waals surface area contributed by atoms with Gasteiger partial charge in [-0.05, 0) is 49.8 Å². The van der Waals surface area contributed by atoms with Gasteiger partial charge in [-0.1, -0.05) is 25.5 Å². The van der Waals surface area contributed by atoms with Crippen molar-refractivity contribution in [2.45, 2.75) is 51.6 Å². The quantitative estimate of drug-likeness (QED) is 0.784. The zero-order valence-electron chi connectivity index (χ0n) is 10.7. The molecular formula is C15H22FN. The van der Waals surface area contributed by atoms with Gasteiger partial charge in [0, 0.05) is 12.1 Å². The van der Waals surface area contributed by atoms with Crippen molar-refractivity contribution in [1.82, 2.24) is 5.32 Å². The molecule has 2 unspecified atom stereocenters. The highest BCUT2D eigenvalue weighted by molar-refractivity contribution is 5.22. The Balaban J connectivity index is 2.04. The second kappa shape index (κ2) is 5.63. The van der Waals surface area contributed by atoms with Gasteiger partial charge in [-0.15, -0.1) is 0 Å². The molecule has 1 aliphatic rings. The van der Waals surface area contributed by atoms with Crippen LogP contribution in [0.5, 0.6) is 0 Å². The lowest BCUT2D eigenvalue weighted by Crippen LogP contribution is -2.31. The van der Waals surface area contributed by atoms with Gasteiger partial charge in [-0.3, -0.25) is 0 Å². The molecular weight excluding hydrogens is 213 g/mol. The summed E-state index contributed by atoms with van der Waals surface area (Å²) in [7, 11) is 0. The first-order chi connectivity index (χ1) is 8.20. The van der Waals surface area contributed by atoms with Crippen LogP contribution >= 0.6 is 0 Å². The minimum Gasteiger partial charge on any atom is -0.307 e. The first-order valence-electron chi connectivity index (χ1n) is 6.72. The number of rotatable bonds is 6. The molecule has 2 atom stereocenters. The van der Waals surface area contributed by atoms with Crippen molar-refractivity contribution in [2.24, 2.45) is 5.92 Å². The fourth-order valence-corrected chi connectivity index (χ4v) is 2.43. The number of nitrogens with one attached hydrogen (secondary N) is 1. The molecule has 0 radical (unpaired) electrons. The Morgan fingerprint density at radius 3 is 2.47 bits per heavy atom. The zero-order valence-corrected chi connectivity index (χ0v) is 10.7. The van der Waals surface area contributed by atoms with E-state index in [0.717, 1.165) is 5.92 Å². The summed E-state index contributed by atoms with van der Waals surface area (Å²) in [4.78, 5) is 0. The van der Waals surface area contributed by atoms with Crippen molar-refractivity contribution >= 4 is 0 Å². The summed E-state index contributed by atoms with van der Waals surface area (Å²) in [6.07, 6.45) is 5.00. The molecule has 1 fully saturated rings. The van der Waals surface area contributed by atoms with Crippen LogP contribution < -0.4 is 5.32 Å². The highest BCUT2D eigenvalue weighted by atomic mass is 19.1. The monoisotopic (exact) mass is 235 g/mol. The Labute approximate surface area is 103 Å². The highest BCUT2D eigenvalue weighted by Crippen LogP contribution is 2.41. The van der Waals surface area contributed by atoms with E-state index >= 15 is 0 Å². The van der Waals surface area contributed by atoms with Gasteiger partial charge in [0.2, 0.25) is 0 Å². The highest BCUT2D eigenvalue weighted by Gasteiger charge is 2.32. The Hall–Kier alpha value is -0.890. The van der Waals surface area contributed by atoms with Crippen LogP contribution in [0.3, 0.4) is 0 Å². The number of hydrogen-bond acceptors (Lipinski definition) is 1. The first kappa shape index (κ1) is 12.6. The molecule has 1 N–H and O–H groups in total. The van der Waals surface area contributed by atoms with E-state index in [-0.39, 0.29) is 5.82 Å².